The van der Waals surface area contributed by atoms with E-state index < -0.39 is 31.6 Å². The molecule has 2 rings (SSSR count). The molecule has 0 aromatic carbocycles. The smallest absolute Gasteiger partial charge is 0.0125 e. The Morgan fingerprint density at radius 1 is 0.773 bits per heavy atom. The van der Waals surface area contributed by atoms with Gasteiger partial charge in [0.05, 0.1) is 0 Å². The Hall–Kier alpha value is 0.581. The van der Waals surface area contributed by atoms with Gasteiger partial charge in [-0.1, -0.05) is 51.4 Å². The summed E-state index contributed by atoms with van der Waals surface area (Å²) >= 11 is 0. The van der Waals surface area contributed by atoms with Crippen molar-refractivity contribution >= 4 is 31.6 Å². The molecule has 120 valence electrons. The minimum atomic E-state index is -1.17. The van der Waals surface area contributed by atoms with Gasteiger partial charge in [0.2, 0.25) is 0 Å². The minimum Gasteiger partial charge on any atom is -0.159 e. The van der Waals surface area contributed by atoms with Crippen LogP contribution in [-0.2, 0) is 26.2 Å². The molecule has 0 heterocycles. The van der Waals surface area contributed by atoms with Crippen molar-refractivity contribution in [1.29, 1.82) is 0 Å². The molecule has 0 amide bonds. The van der Waals surface area contributed by atoms with Crippen molar-refractivity contribution in [1.82, 2.24) is 0 Å². The molecule has 0 aromatic heterocycles. The summed E-state index contributed by atoms with van der Waals surface area (Å²) in [5, 5.41) is 0. The molecule has 0 aliphatic heterocycles. The predicted octanol–water partition coefficient (Wildman–Crippen LogP) is 4.01. The van der Waals surface area contributed by atoms with E-state index in [4.69, 9.17) is 0 Å². The van der Waals surface area contributed by atoms with E-state index in [9.17, 15) is 0 Å². The summed E-state index contributed by atoms with van der Waals surface area (Å²) in [5.41, 5.74) is 5.38. The van der Waals surface area contributed by atoms with Gasteiger partial charge in [0.1, 0.15) is 0 Å². The molecule has 0 nitrogen and oxygen atoms in total. The van der Waals surface area contributed by atoms with E-state index in [0.29, 0.717) is 0 Å². The summed E-state index contributed by atoms with van der Waals surface area (Å²) < 4.78 is 0. The van der Waals surface area contributed by atoms with E-state index in [0.717, 1.165) is 0 Å². The molecule has 0 fully saturated rings. The van der Waals surface area contributed by atoms with Crippen molar-refractivity contribution in [2.45, 2.75) is 52.1 Å². The van der Waals surface area contributed by atoms with Crippen LogP contribution >= 0.6 is 0 Å². The number of hydrogen-bond acceptors (Lipinski definition) is 0. The van der Waals surface area contributed by atoms with E-state index in [1.807, 2.05) is 5.54 Å². The van der Waals surface area contributed by atoms with Gasteiger partial charge in [0.15, 0.2) is 0 Å². The SMILES string of the molecule is C[SiH](C)[Si]([C-](C1=CC=CC1)C1=CC=CC1)([SiH](C)C)[SiH](C)C.[Zr]. The van der Waals surface area contributed by atoms with E-state index in [2.05, 4.69) is 75.7 Å². The fourth-order valence-corrected chi connectivity index (χ4v) is 68.6. The third-order valence-corrected chi connectivity index (χ3v) is 68.5. The third-order valence-electron chi connectivity index (χ3n) is 5.48. The molecule has 0 saturated carbocycles. The zero-order chi connectivity index (χ0) is 15.6. The maximum atomic E-state index is 2.68. The summed E-state index contributed by atoms with van der Waals surface area (Å²) in [6.45, 7) is 14.9. The van der Waals surface area contributed by atoms with Crippen LogP contribution in [0.2, 0.25) is 39.3 Å². The standard InChI is InChI=1S/C17H31Si4.Zr/c1-18(2)21(19(3)4,20(5)6)17(15-11-7-8-12-15)16-13-9-10-14-16;/h7-11,13,18-20H,12,14H2,1-6H3;/q-1;. The molecule has 0 bridgehead atoms. The van der Waals surface area contributed by atoms with Gasteiger partial charge in [0.25, 0.3) is 0 Å². The monoisotopic (exact) mass is 437 g/mol. The second kappa shape index (κ2) is 8.61. The van der Waals surface area contributed by atoms with Gasteiger partial charge in [-0.05, 0) is 12.8 Å². The Morgan fingerprint density at radius 2 is 1.14 bits per heavy atom. The first-order valence-corrected chi connectivity index (χ1v) is 22.9. The van der Waals surface area contributed by atoms with Crippen LogP contribution in [-0.4, -0.2) is 31.6 Å². The quantitative estimate of drug-likeness (QED) is 0.434. The molecule has 0 spiro atoms. The summed E-state index contributed by atoms with van der Waals surface area (Å²) in [4.78, 5) is 0. The van der Waals surface area contributed by atoms with Crippen molar-refractivity contribution in [2.24, 2.45) is 0 Å². The van der Waals surface area contributed by atoms with Gasteiger partial charge < -0.3 is 0 Å². The van der Waals surface area contributed by atoms with E-state index in [1.165, 1.54) is 12.8 Å². The van der Waals surface area contributed by atoms with Crippen molar-refractivity contribution < 1.29 is 26.2 Å². The third kappa shape index (κ3) is 3.64. The van der Waals surface area contributed by atoms with Crippen LogP contribution in [0.3, 0.4) is 0 Å². The molecule has 0 radical (unpaired) electrons. The number of rotatable bonds is 6. The molecule has 5 heteroatoms. The van der Waals surface area contributed by atoms with Gasteiger partial charge in [0, 0.05) is 57.8 Å². The Balaban J connectivity index is 0.00000242. The van der Waals surface area contributed by atoms with Gasteiger partial charge >= 0.3 is 0 Å². The van der Waals surface area contributed by atoms with Gasteiger partial charge in [-0.3, -0.25) is 0 Å². The van der Waals surface area contributed by atoms with Crippen LogP contribution in [0.25, 0.3) is 0 Å². The van der Waals surface area contributed by atoms with Crippen molar-refractivity contribution in [2.75, 3.05) is 0 Å². The summed E-state index contributed by atoms with van der Waals surface area (Å²) in [5.74, 6) is 0. The summed E-state index contributed by atoms with van der Waals surface area (Å²) in [6, 6.07) is 0. The molecule has 22 heavy (non-hydrogen) atoms. The van der Waals surface area contributed by atoms with Crippen molar-refractivity contribution in [3.05, 3.63) is 53.1 Å². The molecule has 0 N–H and O–H groups in total. The molecule has 2 aliphatic carbocycles. The van der Waals surface area contributed by atoms with Gasteiger partial charge in [-0.25, -0.2) is 0 Å². The average Bonchev–Trinajstić information content (AvgIpc) is 3.07. The average molecular weight is 439 g/mol. The first kappa shape index (κ1) is 20.6. The number of allylic oxidation sites excluding steroid dienone is 8. The van der Waals surface area contributed by atoms with Crippen molar-refractivity contribution in [3.8, 4) is 0 Å². The van der Waals surface area contributed by atoms with Crippen LogP contribution < -0.4 is 0 Å². The second-order valence-electron chi connectivity index (χ2n) is 7.42. The van der Waals surface area contributed by atoms with E-state index >= 15 is 0 Å². The molecule has 0 unspecified atom stereocenters. The first-order chi connectivity index (χ1) is 9.92. The molecule has 0 atom stereocenters. The Bertz CT molecular complexity index is 449. The summed E-state index contributed by atoms with van der Waals surface area (Å²) in [6.07, 6.45) is 16.6. The molecular weight excluding hydrogens is 408 g/mol. The zero-order valence-corrected chi connectivity index (χ0v) is 22.0. The zero-order valence-electron chi connectivity index (χ0n) is 15.1. The molecule has 0 aromatic rings. The fraction of sp³-hybridized carbons (Fsp3) is 0.471. The first-order valence-electron chi connectivity index (χ1n) is 8.51. The van der Waals surface area contributed by atoms with Gasteiger partial charge in [-0.2, -0.15) is 28.8 Å². The fourth-order valence-electron chi connectivity index (χ4n) is 4.89. The Morgan fingerprint density at radius 3 is 1.36 bits per heavy atom. The largest absolute Gasteiger partial charge is 0.159 e. The Kier molecular flexibility index (Phi) is 8.07. The van der Waals surface area contributed by atoms with Crippen LogP contribution in [0.4, 0.5) is 0 Å². The van der Waals surface area contributed by atoms with Crippen molar-refractivity contribution in [3.63, 3.8) is 0 Å². The Labute approximate surface area is 162 Å². The molecule has 2 aliphatic rings. The predicted molar refractivity (Wildman–Crippen MR) is 109 cm³/mol. The minimum absolute atomic E-state index is 0. The van der Waals surface area contributed by atoms with Crippen LogP contribution in [0.15, 0.2) is 47.6 Å². The van der Waals surface area contributed by atoms with Gasteiger partial charge in [-0.15, -0.1) is 12.2 Å². The normalized spacial score (nSPS) is 17.3. The topological polar surface area (TPSA) is 0 Å². The van der Waals surface area contributed by atoms with Crippen LogP contribution in [0.1, 0.15) is 12.8 Å². The van der Waals surface area contributed by atoms with Crippen LogP contribution in [0.5, 0.6) is 0 Å². The molecular formula is C17H31Si4Zr-. The summed E-state index contributed by atoms with van der Waals surface area (Å²) in [7, 11) is -1.86. The van der Waals surface area contributed by atoms with E-state index in [1.54, 1.807) is 11.1 Å². The van der Waals surface area contributed by atoms with Crippen LogP contribution in [0, 0.1) is 5.54 Å². The second-order valence-corrected chi connectivity index (χ2v) is 41.7. The number of hydrogen-bond donors (Lipinski definition) is 0. The maximum absolute atomic E-state index is 2.68. The maximum Gasteiger partial charge on any atom is 0.0125 e. The molecule has 0 saturated heterocycles. The van der Waals surface area contributed by atoms with E-state index in [-0.39, 0.29) is 26.2 Å².